The molecule has 2 aromatic carbocycles. The van der Waals surface area contributed by atoms with Crippen LogP contribution in [0.1, 0.15) is 5.56 Å². The van der Waals surface area contributed by atoms with Gasteiger partial charge in [-0.25, -0.2) is 4.39 Å². The number of halogens is 2. The van der Waals surface area contributed by atoms with Crippen LogP contribution in [-0.2, 0) is 11.2 Å². The zero-order chi connectivity index (χ0) is 15.1. The first kappa shape index (κ1) is 15.5. The molecule has 0 spiro atoms. The highest BCUT2D eigenvalue weighted by Crippen LogP contribution is 2.17. The molecule has 5 heteroatoms. The predicted molar refractivity (Wildman–Crippen MR) is 82.8 cm³/mol. The number of hydrogen-bond acceptors (Lipinski definition) is 2. The van der Waals surface area contributed by atoms with Crippen molar-refractivity contribution >= 4 is 21.8 Å². The fourth-order valence-corrected chi connectivity index (χ4v) is 2.17. The number of benzene rings is 2. The minimum atomic E-state index is -0.363. The number of ether oxygens (including phenoxy) is 1. The van der Waals surface area contributed by atoms with Crippen molar-refractivity contribution in [3.63, 3.8) is 0 Å². The van der Waals surface area contributed by atoms with Crippen molar-refractivity contribution in [2.24, 2.45) is 0 Å². The molecular formula is C16H15BrFNO2. The number of rotatable bonds is 6. The fourth-order valence-electron chi connectivity index (χ4n) is 1.79. The van der Waals surface area contributed by atoms with Crippen LogP contribution >= 0.6 is 15.9 Å². The first-order valence-corrected chi connectivity index (χ1v) is 7.33. The summed E-state index contributed by atoms with van der Waals surface area (Å²) < 4.78 is 19.8. The molecule has 2 aromatic rings. The van der Waals surface area contributed by atoms with Gasteiger partial charge in [-0.15, -0.1) is 0 Å². The monoisotopic (exact) mass is 351 g/mol. The van der Waals surface area contributed by atoms with E-state index in [0.29, 0.717) is 18.7 Å². The zero-order valence-corrected chi connectivity index (χ0v) is 12.9. The lowest BCUT2D eigenvalue weighted by molar-refractivity contribution is -0.120. The van der Waals surface area contributed by atoms with Crippen molar-refractivity contribution in [2.45, 2.75) is 6.42 Å². The molecule has 0 saturated heterocycles. The van der Waals surface area contributed by atoms with Gasteiger partial charge >= 0.3 is 0 Å². The number of carbonyl (C=O) groups is 1. The van der Waals surface area contributed by atoms with Gasteiger partial charge in [-0.05, 0) is 29.8 Å². The Labute approximate surface area is 131 Å². The molecule has 0 aromatic heterocycles. The summed E-state index contributed by atoms with van der Waals surface area (Å²) in [7, 11) is 0. The normalized spacial score (nSPS) is 10.2. The summed E-state index contributed by atoms with van der Waals surface area (Å²) in [6, 6.07) is 13.7. The number of hydrogen-bond donors (Lipinski definition) is 1. The molecule has 0 atom stereocenters. The van der Waals surface area contributed by atoms with E-state index in [1.54, 1.807) is 18.2 Å². The molecule has 2 rings (SSSR count). The minimum absolute atomic E-state index is 0.0313. The standard InChI is InChI=1S/C16H15BrFNO2/c17-13-5-3-6-14(11-13)21-9-8-19-16(20)10-12-4-1-2-7-15(12)18/h1-7,11H,8-10H2,(H,19,20). The lowest BCUT2D eigenvalue weighted by Crippen LogP contribution is -2.29. The fraction of sp³-hybridized carbons (Fsp3) is 0.188. The van der Waals surface area contributed by atoms with Crippen LogP contribution < -0.4 is 10.1 Å². The Morgan fingerprint density at radius 1 is 1.19 bits per heavy atom. The van der Waals surface area contributed by atoms with Crippen molar-refractivity contribution < 1.29 is 13.9 Å². The van der Waals surface area contributed by atoms with Crippen molar-refractivity contribution in [1.29, 1.82) is 0 Å². The number of nitrogens with one attached hydrogen (secondary N) is 1. The summed E-state index contributed by atoms with van der Waals surface area (Å²) in [4.78, 5) is 11.7. The van der Waals surface area contributed by atoms with Crippen LogP contribution in [0.5, 0.6) is 5.75 Å². The number of amides is 1. The first-order chi connectivity index (χ1) is 10.1. The predicted octanol–water partition coefficient (Wildman–Crippen LogP) is 3.33. The lowest BCUT2D eigenvalue weighted by atomic mass is 10.1. The largest absolute Gasteiger partial charge is 0.492 e. The Hall–Kier alpha value is -1.88. The van der Waals surface area contributed by atoms with E-state index in [0.717, 1.165) is 10.2 Å². The number of carbonyl (C=O) groups excluding carboxylic acids is 1. The molecule has 21 heavy (non-hydrogen) atoms. The van der Waals surface area contributed by atoms with Gasteiger partial charge in [-0.2, -0.15) is 0 Å². The second kappa shape index (κ2) is 7.78. The van der Waals surface area contributed by atoms with E-state index in [2.05, 4.69) is 21.2 Å². The topological polar surface area (TPSA) is 38.3 Å². The molecule has 0 bridgehead atoms. The van der Waals surface area contributed by atoms with Crippen LogP contribution in [0.25, 0.3) is 0 Å². The van der Waals surface area contributed by atoms with Gasteiger partial charge in [0, 0.05) is 4.47 Å². The van der Waals surface area contributed by atoms with Crippen molar-refractivity contribution in [2.75, 3.05) is 13.2 Å². The Morgan fingerprint density at radius 2 is 2.00 bits per heavy atom. The van der Waals surface area contributed by atoms with Gasteiger partial charge < -0.3 is 10.1 Å². The third-order valence-electron chi connectivity index (χ3n) is 2.80. The third kappa shape index (κ3) is 5.19. The van der Waals surface area contributed by atoms with Gasteiger partial charge in [0.2, 0.25) is 5.91 Å². The summed E-state index contributed by atoms with van der Waals surface area (Å²) in [6.45, 7) is 0.735. The summed E-state index contributed by atoms with van der Waals surface area (Å²) in [5.41, 5.74) is 0.392. The van der Waals surface area contributed by atoms with E-state index in [-0.39, 0.29) is 18.1 Å². The van der Waals surface area contributed by atoms with E-state index in [9.17, 15) is 9.18 Å². The van der Waals surface area contributed by atoms with E-state index in [1.807, 2.05) is 24.3 Å². The van der Waals surface area contributed by atoms with Crippen LogP contribution in [0.15, 0.2) is 53.0 Å². The molecule has 0 aliphatic rings. The minimum Gasteiger partial charge on any atom is -0.492 e. The summed E-state index contributed by atoms with van der Waals surface area (Å²) in [5, 5.41) is 2.70. The molecule has 0 heterocycles. The molecule has 0 aliphatic heterocycles. The molecule has 0 radical (unpaired) electrons. The molecule has 1 amide bonds. The Bertz CT molecular complexity index is 619. The highest BCUT2D eigenvalue weighted by Gasteiger charge is 2.06. The third-order valence-corrected chi connectivity index (χ3v) is 3.29. The maximum absolute atomic E-state index is 13.4. The van der Waals surface area contributed by atoms with Gasteiger partial charge in [0.05, 0.1) is 13.0 Å². The van der Waals surface area contributed by atoms with Gasteiger partial charge in [-0.1, -0.05) is 40.2 Å². The van der Waals surface area contributed by atoms with Crippen molar-refractivity contribution in [3.05, 3.63) is 64.4 Å². The Kier molecular flexibility index (Phi) is 5.75. The summed E-state index contributed by atoms with van der Waals surface area (Å²) >= 11 is 3.35. The maximum atomic E-state index is 13.4. The van der Waals surface area contributed by atoms with Crippen molar-refractivity contribution in [1.82, 2.24) is 5.32 Å². The van der Waals surface area contributed by atoms with Crippen LogP contribution in [0.2, 0.25) is 0 Å². The smallest absolute Gasteiger partial charge is 0.224 e. The first-order valence-electron chi connectivity index (χ1n) is 6.53. The molecule has 1 N–H and O–H groups in total. The molecule has 0 unspecified atom stereocenters. The SMILES string of the molecule is O=C(Cc1ccccc1F)NCCOc1cccc(Br)c1. The highest BCUT2D eigenvalue weighted by atomic mass is 79.9. The van der Waals surface area contributed by atoms with E-state index in [4.69, 9.17) is 4.74 Å². The van der Waals surface area contributed by atoms with E-state index < -0.39 is 0 Å². The second-order valence-electron chi connectivity index (χ2n) is 4.42. The van der Waals surface area contributed by atoms with E-state index in [1.165, 1.54) is 6.07 Å². The molecule has 0 fully saturated rings. The van der Waals surface area contributed by atoms with Gasteiger partial charge in [-0.3, -0.25) is 4.79 Å². The summed E-state index contributed by atoms with van der Waals surface area (Å²) in [5.74, 6) is 0.142. The quantitative estimate of drug-likeness (QED) is 0.810. The van der Waals surface area contributed by atoms with Crippen LogP contribution in [0.4, 0.5) is 4.39 Å². The molecule has 110 valence electrons. The van der Waals surface area contributed by atoms with Gasteiger partial charge in [0.25, 0.3) is 0 Å². The van der Waals surface area contributed by atoms with Crippen molar-refractivity contribution in [3.8, 4) is 5.75 Å². The molecule has 3 nitrogen and oxygen atoms in total. The summed E-state index contributed by atoms with van der Waals surface area (Å²) in [6.07, 6.45) is 0.0313. The van der Waals surface area contributed by atoms with Gasteiger partial charge in [0.15, 0.2) is 0 Å². The van der Waals surface area contributed by atoms with Gasteiger partial charge in [0.1, 0.15) is 18.2 Å². The maximum Gasteiger partial charge on any atom is 0.224 e. The molecular weight excluding hydrogens is 337 g/mol. The average molecular weight is 352 g/mol. The highest BCUT2D eigenvalue weighted by molar-refractivity contribution is 9.10. The Balaban J connectivity index is 1.71. The average Bonchev–Trinajstić information content (AvgIpc) is 2.46. The second-order valence-corrected chi connectivity index (χ2v) is 5.34. The van der Waals surface area contributed by atoms with Crippen LogP contribution in [0, 0.1) is 5.82 Å². The van der Waals surface area contributed by atoms with Crippen LogP contribution in [-0.4, -0.2) is 19.1 Å². The zero-order valence-electron chi connectivity index (χ0n) is 11.3. The van der Waals surface area contributed by atoms with E-state index >= 15 is 0 Å². The molecule has 0 saturated carbocycles. The lowest BCUT2D eigenvalue weighted by Gasteiger charge is -2.08. The molecule has 0 aliphatic carbocycles. The Morgan fingerprint density at radius 3 is 2.76 bits per heavy atom. The van der Waals surface area contributed by atoms with Crippen LogP contribution in [0.3, 0.4) is 0 Å².